The van der Waals surface area contributed by atoms with Gasteiger partial charge in [0.05, 0.1) is 0 Å². The Labute approximate surface area is 108 Å². The summed E-state index contributed by atoms with van der Waals surface area (Å²) in [5, 5.41) is 9.27. The summed E-state index contributed by atoms with van der Waals surface area (Å²) < 4.78 is 2.09. The molecule has 0 aliphatic rings. The van der Waals surface area contributed by atoms with Crippen LogP contribution in [0.5, 0.6) is 0 Å². The molecule has 1 aromatic rings. The molecule has 0 aliphatic heterocycles. The highest BCUT2D eigenvalue weighted by molar-refractivity contribution is 7.99. The molecule has 1 heterocycles. The molecule has 0 unspecified atom stereocenters. The van der Waals surface area contributed by atoms with Gasteiger partial charge in [-0.1, -0.05) is 25.6 Å². The zero-order valence-electron chi connectivity index (χ0n) is 11.0. The fourth-order valence-electron chi connectivity index (χ4n) is 1.66. The van der Waals surface area contributed by atoms with E-state index in [1.165, 1.54) is 0 Å². The molecule has 0 spiro atoms. The number of rotatable bonds is 8. The van der Waals surface area contributed by atoms with Crippen LogP contribution in [0.25, 0.3) is 0 Å². The molecule has 0 saturated heterocycles. The third-order valence-electron chi connectivity index (χ3n) is 2.79. The van der Waals surface area contributed by atoms with E-state index in [2.05, 4.69) is 33.5 Å². The Morgan fingerprint density at radius 1 is 1.29 bits per heavy atom. The molecule has 0 amide bonds. The molecule has 0 atom stereocenters. The lowest BCUT2D eigenvalue weighted by molar-refractivity contribution is 0.323. The van der Waals surface area contributed by atoms with Gasteiger partial charge in [-0.3, -0.25) is 0 Å². The third kappa shape index (κ3) is 4.29. The monoisotopic (exact) mass is 257 g/mol. The second-order valence-electron chi connectivity index (χ2n) is 3.85. The molecule has 6 heteroatoms. The van der Waals surface area contributed by atoms with Crippen LogP contribution in [0.1, 0.15) is 19.7 Å². The van der Waals surface area contributed by atoms with Crippen LogP contribution in [-0.2, 0) is 6.54 Å². The molecule has 1 aromatic heterocycles. The molecule has 1 rings (SSSR count). The minimum absolute atomic E-state index is 0.627. The Kier molecular flexibility index (Phi) is 6.54. The van der Waals surface area contributed by atoms with Gasteiger partial charge in [-0.05, 0) is 20.0 Å². The highest BCUT2D eigenvalue weighted by atomic mass is 32.2. The summed E-state index contributed by atoms with van der Waals surface area (Å²) in [7, 11) is 0. The maximum Gasteiger partial charge on any atom is 0.191 e. The fourth-order valence-corrected chi connectivity index (χ4v) is 2.67. The second-order valence-corrected chi connectivity index (χ2v) is 4.91. The topological polar surface area (TPSA) is 60.0 Å². The van der Waals surface area contributed by atoms with Crippen LogP contribution in [-0.4, -0.2) is 51.6 Å². The normalized spacial score (nSPS) is 11.4. The van der Waals surface area contributed by atoms with Crippen molar-refractivity contribution in [2.75, 3.05) is 31.9 Å². The molecule has 0 saturated carbocycles. The number of aryl methyl sites for hydroxylation is 1. The lowest BCUT2D eigenvalue weighted by atomic mass is 10.5. The van der Waals surface area contributed by atoms with E-state index in [1.807, 2.05) is 6.92 Å². The fraction of sp³-hybridized carbons (Fsp3) is 0.818. The van der Waals surface area contributed by atoms with E-state index in [4.69, 9.17) is 5.73 Å². The zero-order valence-corrected chi connectivity index (χ0v) is 11.8. The first kappa shape index (κ1) is 14.5. The third-order valence-corrected chi connectivity index (χ3v) is 3.73. The highest BCUT2D eigenvalue weighted by Gasteiger charge is 2.08. The lowest BCUT2D eigenvalue weighted by Crippen LogP contribution is -2.25. The average molecular weight is 257 g/mol. The van der Waals surface area contributed by atoms with Crippen molar-refractivity contribution in [2.24, 2.45) is 5.73 Å². The van der Waals surface area contributed by atoms with Crippen LogP contribution in [0.2, 0.25) is 0 Å². The summed E-state index contributed by atoms with van der Waals surface area (Å²) in [6, 6.07) is 0. The number of aromatic nitrogens is 3. The van der Waals surface area contributed by atoms with Gasteiger partial charge in [-0.2, -0.15) is 0 Å². The van der Waals surface area contributed by atoms with Crippen LogP contribution in [0.4, 0.5) is 0 Å². The number of hydrogen-bond donors (Lipinski definition) is 1. The van der Waals surface area contributed by atoms with Crippen LogP contribution >= 0.6 is 11.8 Å². The van der Waals surface area contributed by atoms with E-state index < -0.39 is 0 Å². The van der Waals surface area contributed by atoms with Crippen molar-refractivity contribution in [3.05, 3.63) is 5.82 Å². The van der Waals surface area contributed by atoms with Crippen molar-refractivity contribution >= 4 is 11.8 Å². The lowest BCUT2D eigenvalue weighted by Gasteiger charge is -2.17. The molecule has 0 aromatic carbocycles. The summed E-state index contributed by atoms with van der Waals surface area (Å²) in [5.74, 6) is 1.99. The molecule has 5 nitrogen and oxygen atoms in total. The first-order valence-corrected chi connectivity index (χ1v) is 7.16. The zero-order chi connectivity index (χ0) is 12.7. The van der Waals surface area contributed by atoms with Crippen molar-refractivity contribution in [1.29, 1.82) is 0 Å². The molecular formula is C11H23N5S. The van der Waals surface area contributed by atoms with Gasteiger partial charge in [0.1, 0.15) is 5.82 Å². The molecule has 0 bridgehead atoms. The van der Waals surface area contributed by atoms with E-state index in [9.17, 15) is 0 Å². The average Bonchev–Trinajstić information content (AvgIpc) is 2.68. The quantitative estimate of drug-likeness (QED) is 0.704. The van der Waals surface area contributed by atoms with Gasteiger partial charge in [0.15, 0.2) is 5.16 Å². The predicted octanol–water partition coefficient (Wildman–Crippen LogP) is 0.979. The van der Waals surface area contributed by atoms with Gasteiger partial charge >= 0.3 is 0 Å². The Balaban J connectivity index is 2.46. The van der Waals surface area contributed by atoms with Gasteiger partial charge in [0.25, 0.3) is 0 Å². The first-order valence-electron chi connectivity index (χ1n) is 6.17. The molecule has 2 N–H and O–H groups in total. The summed E-state index contributed by atoms with van der Waals surface area (Å²) in [4.78, 5) is 2.41. The molecular weight excluding hydrogens is 234 g/mol. The number of nitrogens with two attached hydrogens (primary N) is 1. The minimum Gasteiger partial charge on any atom is -0.329 e. The molecule has 17 heavy (non-hydrogen) atoms. The summed E-state index contributed by atoms with van der Waals surface area (Å²) in [6.07, 6.45) is 0. The van der Waals surface area contributed by atoms with Crippen molar-refractivity contribution in [2.45, 2.75) is 32.5 Å². The Morgan fingerprint density at radius 3 is 2.59 bits per heavy atom. The first-order chi connectivity index (χ1) is 8.22. The van der Waals surface area contributed by atoms with Gasteiger partial charge in [0, 0.05) is 25.4 Å². The maximum absolute atomic E-state index is 5.58. The summed E-state index contributed by atoms with van der Waals surface area (Å²) in [5.41, 5.74) is 5.58. The van der Waals surface area contributed by atoms with Crippen LogP contribution in [0, 0.1) is 6.92 Å². The minimum atomic E-state index is 0.627. The van der Waals surface area contributed by atoms with E-state index in [0.717, 1.165) is 42.9 Å². The smallest absolute Gasteiger partial charge is 0.191 e. The maximum atomic E-state index is 5.58. The van der Waals surface area contributed by atoms with Gasteiger partial charge in [-0.15, -0.1) is 10.2 Å². The number of nitrogens with zero attached hydrogens (tertiary/aromatic N) is 4. The SMILES string of the molecule is CCN(CC)CCSc1nnc(C)n1CCN. The largest absolute Gasteiger partial charge is 0.329 e. The summed E-state index contributed by atoms with van der Waals surface area (Å²) >= 11 is 1.76. The van der Waals surface area contributed by atoms with E-state index in [1.54, 1.807) is 11.8 Å². The Morgan fingerprint density at radius 2 is 2.00 bits per heavy atom. The molecule has 0 fully saturated rings. The number of hydrogen-bond acceptors (Lipinski definition) is 5. The van der Waals surface area contributed by atoms with Crippen molar-refractivity contribution in [3.8, 4) is 0 Å². The number of thioether (sulfide) groups is 1. The Bertz CT molecular complexity index is 322. The van der Waals surface area contributed by atoms with Crippen molar-refractivity contribution in [1.82, 2.24) is 19.7 Å². The predicted molar refractivity (Wildman–Crippen MR) is 72.3 cm³/mol. The van der Waals surface area contributed by atoms with Crippen LogP contribution in [0.15, 0.2) is 5.16 Å². The van der Waals surface area contributed by atoms with Gasteiger partial charge in [-0.25, -0.2) is 0 Å². The van der Waals surface area contributed by atoms with Crippen LogP contribution < -0.4 is 5.73 Å². The summed E-state index contributed by atoms with van der Waals surface area (Å²) in [6.45, 7) is 11.1. The van der Waals surface area contributed by atoms with Gasteiger partial charge in [0.2, 0.25) is 0 Å². The van der Waals surface area contributed by atoms with Gasteiger partial charge < -0.3 is 15.2 Å². The van der Waals surface area contributed by atoms with E-state index in [0.29, 0.717) is 6.54 Å². The van der Waals surface area contributed by atoms with E-state index in [-0.39, 0.29) is 0 Å². The van der Waals surface area contributed by atoms with Crippen molar-refractivity contribution in [3.63, 3.8) is 0 Å². The molecule has 0 radical (unpaired) electrons. The van der Waals surface area contributed by atoms with Crippen LogP contribution in [0.3, 0.4) is 0 Å². The van der Waals surface area contributed by atoms with E-state index >= 15 is 0 Å². The standard InChI is InChI=1S/C11H23N5S/c1-4-15(5-2)8-9-17-11-14-13-10(3)16(11)7-6-12/h4-9,12H2,1-3H3. The molecule has 98 valence electrons. The highest BCUT2D eigenvalue weighted by Crippen LogP contribution is 2.16. The van der Waals surface area contributed by atoms with Crippen molar-refractivity contribution < 1.29 is 0 Å². The Hall–Kier alpha value is -0.590. The molecule has 0 aliphatic carbocycles. The second kappa shape index (κ2) is 7.68.